The summed E-state index contributed by atoms with van der Waals surface area (Å²) >= 11 is 5.75. The molecule has 14 heteroatoms. The second kappa shape index (κ2) is 12.8. The first-order valence-corrected chi connectivity index (χ1v) is 12.5. The fraction of sp³-hybridized carbons (Fsp3) is 0.296. The lowest BCUT2D eigenvalue weighted by Gasteiger charge is -2.28. The molecule has 0 atom stereocenters. The summed E-state index contributed by atoms with van der Waals surface area (Å²) < 4.78 is 39.2. The Kier molecular flexibility index (Phi) is 9.66. The number of hydrogen-bond donors (Lipinski definition) is 2. The van der Waals surface area contributed by atoms with Crippen LogP contribution in [0.2, 0.25) is 5.02 Å². The molecule has 0 aliphatic rings. The zero-order chi connectivity index (χ0) is 30.5. The molecule has 0 aliphatic heterocycles. The fourth-order valence-corrected chi connectivity index (χ4v) is 3.90. The summed E-state index contributed by atoms with van der Waals surface area (Å²) in [7, 11) is 1.35. The van der Waals surface area contributed by atoms with E-state index in [-0.39, 0.29) is 59.3 Å². The number of carbonyl (C=O) groups excluding carboxylic acids is 1. The van der Waals surface area contributed by atoms with E-state index in [0.29, 0.717) is 0 Å². The molecular weight excluding hydrogens is 566 g/mol. The maximum Gasteiger partial charge on any atom is 0.410 e. The van der Waals surface area contributed by atoms with E-state index in [1.165, 1.54) is 30.2 Å². The van der Waals surface area contributed by atoms with Crippen LogP contribution in [0.3, 0.4) is 0 Å². The number of amides is 1. The Hall–Kier alpha value is -4.52. The van der Waals surface area contributed by atoms with E-state index >= 15 is 0 Å². The number of nitrogens with zero attached hydrogens (tertiary/aromatic N) is 3. The lowest BCUT2D eigenvalue weighted by Crippen LogP contribution is -2.38. The molecule has 2 aromatic carbocycles. The molecule has 2 N–H and O–H groups in total. The highest BCUT2D eigenvalue weighted by molar-refractivity contribution is 6.31. The van der Waals surface area contributed by atoms with Gasteiger partial charge in [0.15, 0.2) is 0 Å². The van der Waals surface area contributed by atoms with Crippen molar-refractivity contribution in [2.24, 2.45) is 0 Å². The van der Waals surface area contributed by atoms with Gasteiger partial charge in [0.25, 0.3) is 5.69 Å². The van der Waals surface area contributed by atoms with Crippen molar-refractivity contribution in [3.63, 3.8) is 0 Å². The largest absolute Gasteiger partial charge is 0.481 e. The maximum absolute atomic E-state index is 14.4. The van der Waals surface area contributed by atoms with Crippen LogP contribution in [0.25, 0.3) is 0 Å². The van der Waals surface area contributed by atoms with Crippen LogP contribution in [0.15, 0.2) is 42.5 Å². The van der Waals surface area contributed by atoms with Gasteiger partial charge in [-0.2, -0.15) is 0 Å². The molecule has 0 saturated heterocycles. The van der Waals surface area contributed by atoms with Crippen LogP contribution < -0.4 is 10.1 Å². The molecule has 0 bridgehead atoms. The summed E-state index contributed by atoms with van der Waals surface area (Å²) in [6.45, 7) is 4.53. The van der Waals surface area contributed by atoms with Gasteiger partial charge in [0, 0.05) is 30.8 Å². The number of aromatic nitrogens is 1. The number of halogens is 3. The number of anilines is 2. The Morgan fingerprint density at radius 1 is 1.15 bits per heavy atom. The average Bonchev–Trinajstić information content (AvgIpc) is 2.88. The number of carboxylic acid groups (broad SMARTS) is 1. The van der Waals surface area contributed by atoms with Crippen LogP contribution in [0, 0.1) is 21.7 Å². The predicted octanol–water partition coefficient (Wildman–Crippen LogP) is 6.35. The van der Waals surface area contributed by atoms with E-state index in [1.807, 2.05) is 0 Å². The van der Waals surface area contributed by atoms with Crippen molar-refractivity contribution in [1.29, 1.82) is 0 Å². The lowest BCUT2D eigenvalue weighted by atomic mass is 10.1. The van der Waals surface area contributed by atoms with Crippen molar-refractivity contribution in [3.05, 3.63) is 86.1 Å². The normalized spacial score (nSPS) is 11.1. The minimum atomic E-state index is -1.39. The van der Waals surface area contributed by atoms with E-state index in [2.05, 4.69) is 10.3 Å². The molecule has 0 radical (unpaired) electrons. The summed E-state index contributed by atoms with van der Waals surface area (Å²) in [6.07, 6.45) is -0.891. The Balaban J connectivity index is 2.00. The first kappa shape index (κ1) is 31.0. The van der Waals surface area contributed by atoms with Crippen molar-refractivity contribution in [1.82, 2.24) is 9.88 Å². The van der Waals surface area contributed by atoms with E-state index in [0.717, 1.165) is 24.3 Å². The molecule has 41 heavy (non-hydrogen) atoms. The third-order valence-corrected chi connectivity index (χ3v) is 5.88. The number of carboxylic acids is 1. The molecule has 218 valence electrons. The number of aromatic carboxylic acids is 1. The van der Waals surface area contributed by atoms with Crippen LogP contribution in [0.5, 0.6) is 5.88 Å². The number of carbonyl (C=O) groups is 2. The summed E-state index contributed by atoms with van der Waals surface area (Å²) in [5, 5.41) is 23.5. The van der Waals surface area contributed by atoms with Gasteiger partial charge in [-0.3, -0.25) is 10.1 Å². The zero-order valence-electron chi connectivity index (χ0n) is 22.5. The number of nitro groups is 1. The molecule has 3 aromatic rings. The summed E-state index contributed by atoms with van der Waals surface area (Å²) in [5.74, 6) is -2.80. The Bertz CT molecular complexity index is 1480. The van der Waals surface area contributed by atoms with E-state index in [1.54, 1.807) is 20.8 Å². The Morgan fingerprint density at radius 2 is 1.85 bits per heavy atom. The van der Waals surface area contributed by atoms with Crippen LogP contribution in [0.4, 0.5) is 30.6 Å². The number of pyridine rings is 1. The molecule has 0 unspecified atom stereocenters. The highest BCUT2D eigenvalue weighted by atomic mass is 35.5. The average molecular weight is 593 g/mol. The molecule has 1 amide bonds. The van der Waals surface area contributed by atoms with Crippen LogP contribution in [0.1, 0.15) is 42.4 Å². The van der Waals surface area contributed by atoms with Gasteiger partial charge in [-0.1, -0.05) is 11.6 Å². The molecule has 1 aromatic heterocycles. The molecule has 0 aliphatic carbocycles. The van der Waals surface area contributed by atoms with E-state index < -0.39 is 39.2 Å². The van der Waals surface area contributed by atoms with Crippen molar-refractivity contribution in [2.45, 2.75) is 39.3 Å². The second-order valence-electron chi connectivity index (χ2n) is 9.77. The van der Waals surface area contributed by atoms with Gasteiger partial charge in [0.05, 0.1) is 34.9 Å². The fourth-order valence-electron chi connectivity index (χ4n) is 3.73. The smallest absolute Gasteiger partial charge is 0.410 e. The second-order valence-corrected chi connectivity index (χ2v) is 10.2. The van der Waals surface area contributed by atoms with E-state index in [9.17, 15) is 33.6 Å². The van der Waals surface area contributed by atoms with Crippen molar-refractivity contribution < 1.29 is 37.9 Å². The van der Waals surface area contributed by atoms with E-state index in [4.69, 9.17) is 21.1 Å². The van der Waals surface area contributed by atoms with Crippen molar-refractivity contribution in [2.75, 3.05) is 19.0 Å². The summed E-state index contributed by atoms with van der Waals surface area (Å²) in [5.41, 5.74) is -1.31. The first-order chi connectivity index (χ1) is 19.2. The molecular formula is C27H27ClF2N4O7. The number of ether oxygens (including phenoxy) is 2. The summed E-state index contributed by atoms with van der Waals surface area (Å²) in [6, 6.07) is 7.90. The monoisotopic (exact) mass is 592 g/mol. The van der Waals surface area contributed by atoms with Gasteiger partial charge in [-0.25, -0.2) is 23.4 Å². The molecule has 0 saturated carbocycles. The van der Waals surface area contributed by atoms with Gasteiger partial charge in [0.2, 0.25) is 5.88 Å². The Morgan fingerprint density at radius 3 is 2.46 bits per heavy atom. The van der Waals surface area contributed by atoms with Crippen molar-refractivity contribution >= 4 is 40.7 Å². The zero-order valence-corrected chi connectivity index (χ0v) is 23.3. The third-order valence-electron chi connectivity index (χ3n) is 5.59. The number of hydrogen-bond acceptors (Lipinski definition) is 8. The SMILES string of the molecule is COc1ccc([N+](=O)[O-])c(CCN(Cc2cc(F)ccc2Nc2cc(F)c(Cl)cc2C(=O)O)C(=O)OC(C)(C)C)n1. The maximum atomic E-state index is 14.4. The number of methoxy groups -OCH3 is 1. The Labute approximate surface area is 238 Å². The highest BCUT2D eigenvalue weighted by Crippen LogP contribution is 2.30. The molecule has 11 nitrogen and oxygen atoms in total. The number of rotatable bonds is 10. The molecule has 0 spiro atoms. The molecule has 0 fully saturated rings. The third kappa shape index (κ3) is 8.24. The quantitative estimate of drug-likeness (QED) is 0.203. The van der Waals surface area contributed by atoms with Gasteiger partial charge < -0.3 is 24.8 Å². The summed E-state index contributed by atoms with van der Waals surface area (Å²) in [4.78, 5) is 41.2. The molecule has 3 rings (SSSR count). The van der Waals surface area contributed by atoms with Crippen LogP contribution in [-0.2, 0) is 17.7 Å². The van der Waals surface area contributed by atoms with Gasteiger partial charge in [-0.15, -0.1) is 0 Å². The standard InChI is InChI=1S/C27H27ClF2N4O7/c1-27(2,3)41-26(37)33(10-9-21-23(34(38)39)7-8-24(32-21)40-4)14-15-11-16(29)5-6-20(15)31-22-13-19(30)18(28)12-17(22)25(35)36/h5-8,11-13,31H,9-10,14H2,1-4H3,(H,35,36). The number of benzene rings is 2. The van der Waals surface area contributed by atoms with Crippen LogP contribution >= 0.6 is 11.6 Å². The number of nitrogens with one attached hydrogen (secondary N) is 1. The van der Waals surface area contributed by atoms with Gasteiger partial charge in [0.1, 0.15) is 22.9 Å². The molecule has 1 heterocycles. The minimum absolute atomic E-state index is 0.0447. The minimum Gasteiger partial charge on any atom is -0.481 e. The lowest BCUT2D eigenvalue weighted by molar-refractivity contribution is -0.386. The van der Waals surface area contributed by atoms with Crippen molar-refractivity contribution in [3.8, 4) is 5.88 Å². The predicted molar refractivity (Wildman–Crippen MR) is 146 cm³/mol. The van der Waals surface area contributed by atoms with Crippen LogP contribution in [-0.4, -0.2) is 51.2 Å². The highest BCUT2D eigenvalue weighted by Gasteiger charge is 2.26. The first-order valence-electron chi connectivity index (χ1n) is 12.1. The topological polar surface area (TPSA) is 144 Å². The van der Waals surface area contributed by atoms with Gasteiger partial charge >= 0.3 is 12.1 Å². The van der Waals surface area contributed by atoms with Gasteiger partial charge in [-0.05, 0) is 56.7 Å².